The lowest BCUT2D eigenvalue weighted by Crippen LogP contribution is -2.20. The fraction of sp³-hybridized carbons (Fsp3) is 0.158. The predicted molar refractivity (Wildman–Crippen MR) is 101 cm³/mol. The van der Waals surface area contributed by atoms with Crippen molar-refractivity contribution in [3.63, 3.8) is 0 Å². The number of thiazole rings is 1. The highest BCUT2D eigenvalue weighted by molar-refractivity contribution is 7.07. The first-order valence-corrected chi connectivity index (χ1v) is 8.67. The molecule has 1 aromatic carbocycles. The van der Waals surface area contributed by atoms with Crippen LogP contribution in [0.1, 0.15) is 16.1 Å². The number of ether oxygens (including phenoxy) is 3. The zero-order chi connectivity index (χ0) is 19.4. The highest BCUT2D eigenvalue weighted by atomic mass is 32.1. The topological polar surface area (TPSA) is 90.8 Å². The first-order valence-electron chi connectivity index (χ1n) is 7.86. The molecule has 0 saturated heterocycles. The third kappa shape index (κ3) is 3.95. The van der Waals surface area contributed by atoms with Gasteiger partial charge >= 0.3 is 0 Å². The highest BCUT2D eigenvalue weighted by Gasteiger charge is 2.12. The molecule has 0 aliphatic rings. The van der Waals surface area contributed by atoms with Gasteiger partial charge in [0, 0.05) is 6.08 Å². The Morgan fingerprint density at radius 3 is 2.41 bits per heavy atom. The van der Waals surface area contributed by atoms with Crippen LogP contribution in [0.2, 0.25) is 0 Å². The van der Waals surface area contributed by atoms with E-state index < -0.39 is 0 Å². The number of nitrogens with one attached hydrogen (secondary N) is 1. The third-order valence-corrected chi connectivity index (χ3v) is 4.65. The van der Waals surface area contributed by atoms with Crippen LogP contribution in [0, 0.1) is 0 Å². The van der Waals surface area contributed by atoms with E-state index in [0.29, 0.717) is 32.0 Å². The summed E-state index contributed by atoms with van der Waals surface area (Å²) < 4.78 is 21.8. The van der Waals surface area contributed by atoms with E-state index in [-0.39, 0.29) is 17.1 Å². The minimum absolute atomic E-state index is 0.208. The molecule has 0 spiro atoms. The number of aromatic amines is 1. The largest absolute Gasteiger partial charge is 0.493 e. The minimum Gasteiger partial charge on any atom is -0.493 e. The molecule has 0 unspecified atom stereocenters. The summed E-state index contributed by atoms with van der Waals surface area (Å²) in [6.45, 7) is 0. The van der Waals surface area contributed by atoms with Gasteiger partial charge in [-0.3, -0.25) is 9.59 Å². The number of carbonyl (C=O) groups is 1. The van der Waals surface area contributed by atoms with Crippen molar-refractivity contribution >= 4 is 29.3 Å². The van der Waals surface area contributed by atoms with Crippen molar-refractivity contribution in [2.24, 2.45) is 0 Å². The van der Waals surface area contributed by atoms with Crippen LogP contribution in [-0.4, -0.2) is 32.1 Å². The fourth-order valence-electron chi connectivity index (χ4n) is 2.47. The van der Waals surface area contributed by atoms with E-state index in [9.17, 15) is 9.59 Å². The van der Waals surface area contributed by atoms with Gasteiger partial charge in [-0.15, -0.1) is 11.3 Å². The average Bonchev–Trinajstić information content (AvgIpc) is 3.31. The van der Waals surface area contributed by atoms with E-state index in [1.54, 1.807) is 30.3 Å². The number of carbonyl (C=O) groups excluding carboxylic acids is 1. The summed E-state index contributed by atoms with van der Waals surface area (Å²) >= 11 is 1.16. The van der Waals surface area contributed by atoms with Gasteiger partial charge < -0.3 is 23.6 Å². The lowest BCUT2D eigenvalue weighted by atomic mass is 10.1. The lowest BCUT2D eigenvalue weighted by molar-refractivity contribution is 0.103. The second kappa shape index (κ2) is 7.96. The summed E-state index contributed by atoms with van der Waals surface area (Å²) in [7, 11) is 4.56. The highest BCUT2D eigenvalue weighted by Crippen LogP contribution is 2.38. The monoisotopic (exact) mass is 387 g/mol. The first kappa shape index (κ1) is 18.5. The molecule has 140 valence electrons. The number of Topliss-reactive ketones (excluding diaryl/α,β-unsaturated/α-hetero) is 1. The zero-order valence-electron chi connectivity index (χ0n) is 14.9. The number of benzene rings is 1. The summed E-state index contributed by atoms with van der Waals surface area (Å²) in [5, 5.41) is 0. The lowest BCUT2D eigenvalue weighted by Gasteiger charge is -2.12. The number of ketones is 1. The number of rotatable bonds is 6. The Morgan fingerprint density at radius 2 is 1.85 bits per heavy atom. The van der Waals surface area contributed by atoms with Crippen LogP contribution < -0.4 is 29.0 Å². The maximum absolute atomic E-state index is 12.2. The van der Waals surface area contributed by atoms with E-state index in [0.717, 1.165) is 11.3 Å². The molecule has 0 amide bonds. The molecule has 0 atom stereocenters. The van der Waals surface area contributed by atoms with Crippen molar-refractivity contribution in [1.82, 2.24) is 4.98 Å². The van der Waals surface area contributed by atoms with Crippen LogP contribution in [0.15, 0.2) is 39.7 Å². The van der Waals surface area contributed by atoms with Crippen molar-refractivity contribution in [2.75, 3.05) is 21.3 Å². The third-order valence-electron chi connectivity index (χ3n) is 3.69. The first-order chi connectivity index (χ1) is 13.0. The molecule has 7 nitrogen and oxygen atoms in total. The molecule has 1 N–H and O–H groups in total. The van der Waals surface area contributed by atoms with Crippen molar-refractivity contribution in [3.05, 3.63) is 61.4 Å². The van der Waals surface area contributed by atoms with E-state index in [4.69, 9.17) is 18.6 Å². The van der Waals surface area contributed by atoms with Crippen molar-refractivity contribution in [1.29, 1.82) is 0 Å². The zero-order valence-corrected chi connectivity index (χ0v) is 15.7. The molecular weight excluding hydrogens is 370 g/mol. The molecule has 3 aromatic rings. The Morgan fingerprint density at radius 1 is 1.15 bits per heavy atom. The number of hydrogen-bond acceptors (Lipinski definition) is 7. The van der Waals surface area contributed by atoms with Crippen molar-refractivity contribution in [2.45, 2.75) is 0 Å². The summed E-state index contributed by atoms with van der Waals surface area (Å²) in [6.07, 6.45) is 4.43. The van der Waals surface area contributed by atoms with E-state index in [1.165, 1.54) is 33.7 Å². The van der Waals surface area contributed by atoms with Crippen LogP contribution in [0.25, 0.3) is 12.2 Å². The number of hydrogen-bond donors (Lipinski definition) is 1. The molecule has 0 radical (unpaired) electrons. The average molecular weight is 387 g/mol. The van der Waals surface area contributed by atoms with Gasteiger partial charge in [-0.05, 0) is 35.9 Å². The fourth-order valence-corrected chi connectivity index (χ4v) is 3.35. The van der Waals surface area contributed by atoms with Gasteiger partial charge in [0.15, 0.2) is 17.3 Å². The van der Waals surface area contributed by atoms with Gasteiger partial charge in [-0.1, -0.05) is 0 Å². The molecule has 0 aliphatic heterocycles. The molecule has 3 rings (SSSR count). The molecule has 2 aromatic heterocycles. The normalized spacial score (nSPS) is 12.3. The summed E-state index contributed by atoms with van der Waals surface area (Å²) in [5.41, 5.74) is 0.396. The van der Waals surface area contributed by atoms with Gasteiger partial charge in [0.2, 0.25) is 11.5 Å². The maximum atomic E-state index is 12.2. The van der Waals surface area contributed by atoms with Crippen LogP contribution in [0.4, 0.5) is 0 Å². The van der Waals surface area contributed by atoms with Crippen LogP contribution >= 0.6 is 11.3 Å². The second-order valence-electron chi connectivity index (χ2n) is 5.37. The Balaban J connectivity index is 2.05. The maximum Gasteiger partial charge on any atom is 0.266 e. The number of aromatic nitrogens is 1. The van der Waals surface area contributed by atoms with Crippen molar-refractivity contribution < 1.29 is 23.4 Å². The molecule has 0 saturated carbocycles. The standard InChI is InChI=1S/C19H17NO6S/c1-23-14-7-11(8-15(24-2)18(14)25-3)9-16-19(22)20-17(27-16)10-12(21)13-5-4-6-26-13/h4-10H,1-3H3,(H,20,22). The smallest absolute Gasteiger partial charge is 0.266 e. The van der Waals surface area contributed by atoms with E-state index >= 15 is 0 Å². The Hall–Kier alpha value is -3.26. The molecule has 8 heteroatoms. The molecular formula is C19H17NO6S. The van der Waals surface area contributed by atoms with E-state index in [2.05, 4.69) is 4.98 Å². The molecule has 2 heterocycles. The second-order valence-corrected chi connectivity index (χ2v) is 6.46. The van der Waals surface area contributed by atoms with Gasteiger partial charge in [0.1, 0.15) is 0 Å². The van der Waals surface area contributed by atoms with Crippen LogP contribution in [0.5, 0.6) is 17.2 Å². The van der Waals surface area contributed by atoms with Gasteiger partial charge in [-0.2, -0.15) is 0 Å². The number of methoxy groups -OCH3 is 3. The Bertz CT molecular complexity index is 1100. The molecule has 27 heavy (non-hydrogen) atoms. The summed E-state index contributed by atoms with van der Waals surface area (Å²) in [6, 6.07) is 6.66. The summed E-state index contributed by atoms with van der Waals surface area (Å²) in [5.74, 6) is 1.32. The summed E-state index contributed by atoms with van der Waals surface area (Å²) in [4.78, 5) is 27.0. The molecule has 0 bridgehead atoms. The SMILES string of the molecule is COc1cc(C=c2sc(=CC(=O)c3ccco3)[nH]c2=O)cc(OC)c1OC. The predicted octanol–water partition coefficient (Wildman–Crippen LogP) is 1.55. The Kier molecular flexibility index (Phi) is 5.46. The van der Waals surface area contributed by atoms with Crippen molar-refractivity contribution in [3.8, 4) is 17.2 Å². The molecule has 0 aliphatic carbocycles. The van der Waals surface area contributed by atoms with Crippen LogP contribution in [-0.2, 0) is 0 Å². The van der Waals surface area contributed by atoms with Gasteiger partial charge in [0.25, 0.3) is 5.56 Å². The minimum atomic E-state index is -0.322. The quantitative estimate of drug-likeness (QED) is 0.646. The van der Waals surface area contributed by atoms with Gasteiger partial charge in [-0.25, -0.2) is 0 Å². The van der Waals surface area contributed by atoms with E-state index in [1.807, 2.05) is 0 Å². The number of furan rings is 1. The van der Waals surface area contributed by atoms with Gasteiger partial charge in [0.05, 0.1) is 36.8 Å². The number of H-pyrrole nitrogens is 1. The van der Waals surface area contributed by atoms with Crippen LogP contribution in [0.3, 0.4) is 0 Å². The Labute approximate surface area is 158 Å². The molecule has 0 fully saturated rings.